The van der Waals surface area contributed by atoms with Crippen LogP contribution in [0.4, 0.5) is 0 Å². The van der Waals surface area contributed by atoms with Crippen molar-refractivity contribution in [3.8, 4) is 0 Å². The summed E-state index contributed by atoms with van der Waals surface area (Å²) >= 11 is 0. The molecule has 2 rings (SSSR count). The van der Waals surface area contributed by atoms with Crippen LogP contribution >= 0.6 is 0 Å². The number of carbonyl (C=O) groups excluding carboxylic acids is 1. The fraction of sp³-hybridized carbons (Fsp3) is 0.970. The largest absolute Gasteiger partial charge is 0.394 e. The molecule has 12 atom stereocenters. The lowest BCUT2D eigenvalue weighted by Gasteiger charge is -2.46. The molecule has 278 valence electrons. The smallest absolute Gasteiger partial charge is 0.220 e. The fourth-order valence-electron chi connectivity index (χ4n) is 6.02. The molecule has 0 radical (unpaired) electrons. The second-order valence-corrected chi connectivity index (χ2v) is 13.0. The molecule has 0 aromatic carbocycles. The first-order valence-electron chi connectivity index (χ1n) is 17.8. The molecule has 1 amide bonds. The molecule has 0 saturated carbocycles. The number of unbranched alkanes of at least 4 members (excludes halogenated alkanes) is 12. The molecule has 2 saturated heterocycles. The van der Waals surface area contributed by atoms with Crippen LogP contribution in [0, 0.1) is 0 Å². The standard InChI is InChI=1S/C33H63NO13/c1-3-5-6-7-8-9-10-11-12-13-14-15-16-17-22(37)21(34-25(38)4-2)20-44-32-30(43)28(41)31(24(19-36)46-32)47-33-29(42)27(40)26(39)23(18-35)45-33/h21-24,26-33,35-37,39-43H,3-20H2,1-2H3,(H,34,38). The molecule has 0 bridgehead atoms. The van der Waals surface area contributed by atoms with Crippen LogP contribution < -0.4 is 5.32 Å². The minimum atomic E-state index is -1.77. The molecule has 2 heterocycles. The lowest BCUT2D eigenvalue weighted by molar-refractivity contribution is -0.359. The Morgan fingerprint density at radius 1 is 0.681 bits per heavy atom. The van der Waals surface area contributed by atoms with Gasteiger partial charge >= 0.3 is 0 Å². The van der Waals surface area contributed by atoms with E-state index in [0.29, 0.717) is 6.42 Å². The molecule has 0 spiro atoms. The predicted molar refractivity (Wildman–Crippen MR) is 171 cm³/mol. The van der Waals surface area contributed by atoms with Crippen molar-refractivity contribution in [2.24, 2.45) is 0 Å². The highest BCUT2D eigenvalue weighted by Crippen LogP contribution is 2.29. The van der Waals surface area contributed by atoms with Crippen LogP contribution in [0.2, 0.25) is 0 Å². The van der Waals surface area contributed by atoms with E-state index < -0.39 is 86.8 Å². The maximum absolute atomic E-state index is 12.2. The summed E-state index contributed by atoms with van der Waals surface area (Å²) in [5, 5.41) is 85.0. The molecule has 0 aliphatic carbocycles. The van der Waals surface area contributed by atoms with Gasteiger partial charge < -0.3 is 65.1 Å². The number of rotatable bonds is 24. The summed E-state index contributed by atoms with van der Waals surface area (Å²) in [6.45, 7) is 2.25. The topological polar surface area (TPSA) is 228 Å². The second kappa shape index (κ2) is 23.4. The summed E-state index contributed by atoms with van der Waals surface area (Å²) in [6.07, 6.45) is -0.419. The maximum Gasteiger partial charge on any atom is 0.220 e. The molecule has 47 heavy (non-hydrogen) atoms. The Balaban J connectivity index is 1.81. The van der Waals surface area contributed by atoms with Gasteiger partial charge in [0.25, 0.3) is 0 Å². The Kier molecular flexibility index (Phi) is 21.0. The number of ether oxygens (including phenoxy) is 4. The van der Waals surface area contributed by atoms with Crippen molar-refractivity contribution in [2.75, 3.05) is 19.8 Å². The van der Waals surface area contributed by atoms with Crippen molar-refractivity contribution in [3.05, 3.63) is 0 Å². The van der Waals surface area contributed by atoms with E-state index in [4.69, 9.17) is 18.9 Å². The van der Waals surface area contributed by atoms with Gasteiger partial charge in [-0.25, -0.2) is 0 Å². The second-order valence-electron chi connectivity index (χ2n) is 13.0. The summed E-state index contributed by atoms with van der Waals surface area (Å²) in [6, 6.07) is -0.816. The molecule has 0 aromatic rings. The highest BCUT2D eigenvalue weighted by atomic mass is 16.7. The monoisotopic (exact) mass is 681 g/mol. The summed E-state index contributed by atoms with van der Waals surface area (Å²) in [5.74, 6) is -0.297. The average molecular weight is 682 g/mol. The van der Waals surface area contributed by atoms with E-state index in [0.717, 1.165) is 25.7 Å². The number of amides is 1. The van der Waals surface area contributed by atoms with Gasteiger partial charge in [0.15, 0.2) is 12.6 Å². The molecule has 14 heteroatoms. The average Bonchev–Trinajstić information content (AvgIpc) is 3.07. The molecule has 2 aliphatic heterocycles. The van der Waals surface area contributed by atoms with E-state index in [1.165, 1.54) is 57.8 Å². The van der Waals surface area contributed by atoms with E-state index in [2.05, 4.69) is 12.2 Å². The summed E-state index contributed by atoms with van der Waals surface area (Å²) in [5.41, 5.74) is 0. The van der Waals surface area contributed by atoms with Crippen LogP contribution in [0.15, 0.2) is 0 Å². The molecule has 12 unspecified atom stereocenters. The van der Waals surface area contributed by atoms with E-state index >= 15 is 0 Å². The van der Waals surface area contributed by atoms with Gasteiger partial charge in [0.1, 0.15) is 48.8 Å². The number of carbonyl (C=O) groups is 1. The molecule has 9 N–H and O–H groups in total. The quantitative estimate of drug-likeness (QED) is 0.0628. The van der Waals surface area contributed by atoms with Gasteiger partial charge in [-0.15, -0.1) is 0 Å². The Morgan fingerprint density at radius 3 is 1.72 bits per heavy atom. The fourth-order valence-corrected chi connectivity index (χ4v) is 6.02. The first-order chi connectivity index (χ1) is 22.6. The number of aliphatic hydroxyl groups is 8. The van der Waals surface area contributed by atoms with Gasteiger partial charge in [0.05, 0.1) is 32.0 Å². The highest BCUT2D eigenvalue weighted by Gasteiger charge is 2.50. The molecule has 0 aromatic heterocycles. The van der Waals surface area contributed by atoms with Crippen LogP contribution in [-0.2, 0) is 23.7 Å². The summed E-state index contributed by atoms with van der Waals surface area (Å²) < 4.78 is 22.2. The van der Waals surface area contributed by atoms with E-state index in [1.54, 1.807) is 6.92 Å². The van der Waals surface area contributed by atoms with Gasteiger partial charge in [0, 0.05) is 6.42 Å². The van der Waals surface area contributed by atoms with Crippen LogP contribution in [0.1, 0.15) is 110 Å². The Morgan fingerprint density at radius 2 is 1.19 bits per heavy atom. The van der Waals surface area contributed by atoms with Gasteiger partial charge in [0.2, 0.25) is 5.91 Å². The van der Waals surface area contributed by atoms with Gasteiger partial charge in [-0.05, 0) is 6.42 Å². The molecule has 2 aliphatic rings. The Labute approximate surface area is 279 Å². The van der Waals surface area contributed by atoms with Crippen molar-refractivity contribution in [1.82, 2.24) is 5.32 Å². The zero-order valence-corrected chi connectivity index (χ0v) is 28.3. The normalized spacial score (nSPS) is 32.6. The van der Waals surface area contributed by atoms with E-state index in [1.807, 2.05) is 0 Å². The maximum atomic E-state index is 12.2. The summed E-state index contributed by atoms with van der Waals surface area (Å²) in [7, 11) is 0. The van der Waals surface area contributed by atoms with Crippen molar-refractivity contribution < 1.29 is 64.6 Å². The third kappa shape index (κ3) is 14.0. The lowest BCUT2D eigenvalue weighted by atomic mass is 9.97. The lowest BCUT2D eigenvalue weighted by Crippen LogP contribution is -2.65. The van der Waals surface area contributed by atoms with E-state index in [-0.39, 0.29) is 18.9 Å². The third-order valence-electron chi connectivity index (χ3n) is 9.14. The zero-order valence-electron chi connectivity index (χ0n) is 28.3. The summed E-state index contributed by atoms with van der Waals surface area (Å²) in [4.78, 5) is 12.2. The van der Waals surface area contributed by atoms with E-state index in [9.17, 15) is 45.6 Å². The van der Waals surface area contributed by atoms with Crippen molar-refractivity contribution in [3.63, 3.8) is 0 Å². The minimum Gasteiger partial charge on any atom is -0.394 e. The van der Waals surface area contributed by atoms with Gasteiger partial charge in [-0.1, -0.05) is 97.3 Å². The predicted octanol–water partition coefficient (Wildman–Crippen LogP) is 0.364. The Hall–Kier alpha value is -1.01. The van der Waals surface area contributed by atoms with Crippen LogP contribution in [0.5, 0.6) is 0 Å². The molecule has 14 nitrogen and oxygen atoms in total. The van der Waals surface area contributed by atoms with Crippen molar-refractivity contribution in [1.29, 1.82) is 0 Å². The zero-order chi connectivity index (χ0) is 34.8. The molecular formula is C33H63NO13. The SMILES string of the molecule is CCCCCCCCCCCCCCCC(O)C(COC1OC(CO)C(OC2OC(CO)C(O)C(O)C2O)C(O)C1O)NC(=O)CC. The van der Waals surface area contributed by atoms with Crippen LogP contribution in [-0.4, -0.2) is 140 Å². The van der Waals surface area contributed by atoms with Gasteiger partial charge in [-0.2, -0.15) is 0 Å². The van der Waals surface area contributed by atoms with Crippen molar-refractivity contribution >= 4 is 5.91 Å². The number of nitrogens with one attached hydrogen (secondary N) is 1. The molecule has 2 fully saturated rings. The molecular weight excluding hydrogens is 618 g/mol. The number of hydrogen-bond donors (Lipinski definition) is 9. The third-order valence-corrected chi connectivity index (χ3v) is 9.14. The number of aliphatic hydroxyl groups excluding tert-OH is 8. The van der Waals surface area contributed by atoms with Crippen LogP contribution in [0.3, 0.4) is 0 Å². The van der Waals surface area contributed by atoms with Crippen LogP contribution in [0.25, 0.3) is 0 Å². The van der Waals surface area contributed by atoms with Gasteiger partial charge in [-0.3, -0.25) is 4.79 Å². The highest BCUT2D eigenvalue weighted by molar-refractivity contribution is 5.75. The number of hydrogen-bond acceptors (Lipinski definition) is 13. The Bertz CT molecular complexity index is 821. The first kappa shape index (κ1) is 42.2. The first-order valence-corrected chi connectivity index (χ1v) is 17.8. The van der Waals surface area contributed by atoms with Crippen molar-refractivity contribution in [2.45, 2.75) is 184 Å². The minimum absolute atomic E-state index is 0.187.